The van der Waals surface area contributed by atoms with Gasteiger partial charge in [0.05, 0.1) is 6.61 Å². The highest BCUT2D eigenvalue weighted by atomic mass is 32.1. The number of benzene rings is 2. The molecule has 148 valence electrons. The molecule has 0 aromatic heterocycles. The number of thiocarbonyl (C=S) groups is 1. The van der Waals surface area contributed by atoms with Crippen LogP contribution in [0.2, 0.25) is 0 Å². The molecule has 0 fully saturated rings. The van der Waals surface area contributed by atoms with E-state index in [0.29, 0.717) is 42.5 Å². The van der Waals surface area contributed by atoms with Crippen LogP contribution in [-0.4, -0.2) is 36.7 Å². The van der Waals surface area contributed by atoms with Gasteiger partial charge >= 0.3 is 0 Å². The average Bonchev–Trinajstić information content (AvgIpc) is 2.65. The molecular formula is C20H23N3O4S. The smallest absolute Gasteiger partial charge is 0.257 e. The summed E-state index contributed by atoms with van der Waals surface area (Å²) in [6, 6.07) is 13.8. The standard InChI is InChI=1S/C20H23N3O4S/c1-3-26-11-12-27-18-9-7-15(8-10-18)19(25)23-20(28)22-17-6-4-5-16(13-17)21-14(2)24/h4-10,13H,3,11-12H2,1-2H3,(H,21,24)(H2,22,23,25,28). The highest BCUT2D eigenvalue weighted by molar-refractivity contribution is 7.80. The molecule has 28 heavy (non-hydrogen) atoms. The van der Waals surface area contributed by atoms with Crippen molar-refractivity contribution in [3.05, 3.63) is 54.1 Å². The van der Waals surface area contributed by atoms with Crippen molar-refractivity contribution in [1.29, 1.82) is 0 Å². The zero-order chi connectivity index (χ0) is 20.4. The summed E-state index contributed by atoms with van der Waals surface area (Å²) in [6.45, 7) is 4.97. The summed E-state index contributed by atoms with van der Waals surface area (Å²) in [5, 5.41) is 8.37. The van der Waals surface area contributed by atoms with Gasteiger partial charge in [-0.05, 0) is 61.6 Å². The first-order valence-corrected chi connectivity index (χ1v) is 9.19. The topological polar surface area (TPSA) is 88.7 Å². The fourth-order valence-electron chi connectivity index (χ4n) is 2.28. The van der Waals surface area contributed by atoms with Crippen LogP contribution in [0.15, 0.2) is 48.5 Å². The third kappa shape index (κ3) is 7.34. The van der Waals surface area contributed by atoms with Gasteiger partial charge in [0.1, 0.15) is 12.4 Å². The maximum Gasteiger partial charge on any atom is 0.257 e. The Morgan fingerprint density at radius 2 is 1.68 bits per heavy atom. The summed E-state index contributed by atoms with van der Waals surface area (Å²) < 4.78 is 10.7. The molecule has 0 spiro atoms. The van der Waals surface area contributed by atoms with Crippen molar-refractivity contribution in [2.24, 2.45) is 0 Å². The average molecular weight is 401 g/mol. The molecule has 0 bridgehead atoms. The normalized spacial score (nSPS) is 10.1. The van der Waals surface area contributed by atoms with Crippen LogP contribution >= 0.6 is 12.2 Å². The van der Waals surface area contributed by atoms with E-state index < -0.39 is 0 Å². The summed E-state index contributed by atoms with van der Waals surface area (Å²) in [4.78, 5) is 23.4. The quantitative estimate of drug-likeness (QED) is 0.465. The van der Waals surface area contributed by atoms with E-state index in [0.717, 1.165) is 0 Å². The van der Waals surface area contributed by atoms with Crippen molar-refractivity contribution in [2.45, 2.75) is 13.8 Å². The molecule has 2 rings (SSSR count). The second kappa shape index (κ2) is 11.0. The molecule has 0 radical (unpaired) electrons. The van der Waals surface area contributed by atoms with Gasteiger partial charge in [0.2, 0.25) is 5.91 Å². The van der Waals surface area contributed by atoms with E-state index in [9.17, 15) is 9.59 Å². The van der Waals surface area contributed by atoms with E-state index in [4.69, 9.17) is 21.7 Å². The fourth-order valence-corrected chi connectivity index (χ4v) is 2.49. The minimum absolute atomic E-state index is 0.155. The van der Waals surface area contributed by atoms with Crippen molar-refractivity contribution in [2.75, 3.05) is 30.5 Å². The molecule has 0 aliphatic heterocycles. The third-order valence-corrected chi connectivity index (χ3v) is 3.69. The summed E-state index contributed by atoms with van der Waals surface area (Å²) in [6.07, 6.45) is 0. The van der Waals surface area contributed by atoms with Gasteiger partial charge in [0.25, 0.3) is 5.91 Å². The van der Waals surface area contributed by atoms with Gasteiger partial charge in [0, 0.05) is 30.5 Å². The molecule has 3 N–H and O–H groups in total. The Hall–Kier alpha value is -2.97. The highest BCUT2D eigenvalue weighted by Gasteiger charge is 2.09. The lowest BCUT2D eigenvalue weighted by atomic mass is 10.2. The maximum absolute atomic E-state index is 12.3. The number of carbonyl (C=O) groups is 2. The number of anilines is 2. The van der Waals surface area contributed by atoms with Crippen LogP contribution in [0, 0.1) is 0 Å². The van der Waals surface area contributed by atoms with Crippen molar-refractivity contribution in [3.8, 4) is 5.75 Å². The van der Waals surface area contributed by atoms with Crippen LogP contribution in [0.25, 0.3) is 0 Å². The number of carbonyl (C=O) groups excluding carboxylic acids is 2. The van der Waals surface area contributed by atoms with E-state index in [1.165, 1.54) is 6.92 Å². The lowest BCUT2D eigenvalue weighted by Crippen LogP contribution is -2.34. The molecular weight excluding hydrogens is 378 g/mol. The van der Waals surface area contributed by atoms with Crippen LogP contribution in [0.1, 0.15) is 24.2 Å². The predicted molar refractivity (Wildman–Crippen MR) is 113 cm³/mol. The summed E-state index contributed by atoms with van der Waals surface area (Å²) in [5.41, 5.74) is 1.73. The largest absolute Gasteiger partial charge is 0.491 e. The Morgan fingerprint density at radius 3 is 2.32 bits per heavy atom. The first-order valence-electron chi connectivity index (χ1n) is 8.78. The summed E-state index contributed by atoms with van der Waals surface area (Å²) in [7, 11) is 0. The van der Waals surface area contributed by atoms with Crippen LogP contribution in [0.3, 0.4) is 0 Å². The second-order valence-corrected chi connectivity index (χ2v) is 6.15. The lowest BCUT2D eigenvalue weighted by Gasteiger charge is -2.11. The molecule has 2 aromatic rings. The molecule has 2 aromatic carbocycles. The van der Waals surface area contributed by atoms with Gasteiger partial charge in [-0.1, -0.05) is 6.07 Å². The van der Waals surface area contributed by atoms with Gasteiger partial charge < -0.3 is 20.1 Å². The monoisotopic (exact) mass is 401 g/mol. The molecule has 0 aliphatic rings. The Labute approximate surface area is 169 Å². The van der Waals surface area contributed by atoms with Crippen molar-refractivity contribution in [1.82, 2.24) is 5.32 Å². The second-order valence-electron chi connectivity index (χ2n) is 5.74. The van der Waals surface area contributed by atoms with Gasteiger partial charge in [-0.2, -0.15) is 0 Å². The van der Waals surface area contributed by atoms with Crippen LogP contribution in [-0.2, 0) is 9.53 Å². The first-order chi connectivity index (χ1) is 13.5. The lowest BCUT2D eigenvalue weighted by molar-refractivity contribution is -0.114. The molecule has 0 unspecified atom stereocenters. The molecule has 0 saturated heterocycles. The minimum atomic E-state index is -0.337. The van der Waals surface area contributed by atoms with E-state index in [1.807, 2.05) is 6.92 Å². The first kappa shape index (κ1) is 21.3. The van der Waals surface area contributed by atoms with E-state index in [-0.39, 0.29) is 16.9 Å². The Balaban J connectivity index is 1.86. The molecule has 0 aliphatic carbocycles. The van der Waals surface area contributed by atoms with Crippen molar-refractivity contribution < 1.29 is 19.1 Å². The van der Waals surface area contributed by atoms with Crippen LogP contribution < -0.4 is 20.7 Å². The molecule has 0 atom stereocenters. The van der Waals surface area contributed by atoms with Crippen molar-refractivity contribution in [3.63, 3.8) is 0 Å². The molecule has 2 amide bonds. The van der Waals surface area contributed by atoms with Gasteiger partial charge in [-0.25, -0.2) is 0 Å². The van der Waals surface area contributed by atoms with E-state index >= 15 is 0 Å². The van der Waals surface area contributed by atoms with Crippen LogP contribution in [0.4, 0.5) is 11.4 Å². The zero-order valence-corrected chi connectivity index (χ0v) is 16.6. The molecule has 0 heterocycles. The molecule has 0 saturated carbocycles. The Kier molecular flexibility index (Phi) is 8.38. The van der Waals surface area contributed by atoms with E-state index in [1.54, 1.807) is 48.5 Å². The number of ether oxygens (including phenoxy) is 2. The zero-order valence-electron chi connectivity index (χ0n) is 15.8. The number of hydrogen-bond acceptors (Lipinski definition) is 5. The SMILES string of the molecule is CCOCCOc1ccc(C(=O)NC(=S)Nc2cccc(NC(C)=O)c2)cc1. The van der Waals surface area contributed by atoms with Gasteiger partial charge in [-0.3, -0.25) is 14.9 Å². The number of hydrogen-bond donors (Lipinski definition) is 3. The van der Waals surface area contributed by atoms with Gasteiger partial charge in [-0.15, -0.1) is 0 Å². The third-order valence-electron chi connectivity index (χ3n) is 3.48. The predicted octanol–water partition coefficient (Wildman–Crippen LogP) is 3.19. The van der Waals surface area contributed by atoms with Crippen molar-refractivity contribution >= 4 is 40.5 Å². The number of rotatable bonds is 8. The number of amides is 2. The summed E-state index contributed by atoms with van der Waals surface area (Å²) in [5.74, 6) is 0.154. The maximum atomic E-state index is 12.3. The molecule has 8 heteroatoms. The number of nitrogens with one attached hydrogen (secondary N) is 3. The fraction of sp³-hybridized carbons (Fsp3) is 0.250. The Morgan fingerprint density at radius 1 is 1.00 bits per heavy atom. The highest BCUT2D eigenvalue weighted by Crippen LogP contribution is 2.15. The van der Waals surface area contributed by atoms with Crippen LogP contribution in [0.5, 0.6) is 5.75 Å². The molecule has 7 nitrogen and oxygen atoms in total. The summed E-state index contributed by atoms with van der Waals surface area (Å²) >= 11 is 5.18. The van der Waals surface area contributed by atoms with E-state index in [2.05, 4.69) is 16.0 Å². The minimum Gasteiger partial charge on any atom is -0.491 e. The Bertz CT molecular complexity index is 824. The van der Waals surface area contributed by atoms with Gasteiger partial charge in [0.15, 0.2) is 5.11 Å².